The number of Topliss-reactive ketones (excluding diaryl/α,β-unsaturated/α-hetero) is 1. The number of hydrogen-bond acceptors (Lipinski definition) is 2. The molecule has 1 N–H and O–H groups in total. The molecule has 0 atom stereocenters. The number of alkyl halides is 3. The third-order valence-electron chi connectivity index (χ3n) is 3.74. The molecule has 0 aliphatic heterocycles. The molecule has 0 saturated carbocycles. The minimum Gasteiger partial charge on any atom is -0.380 e. The van der Waals surface area contributed by atoms with Crippen LogP contribution in [0.4, 0.5) is 18.9 Å². The van der Waals surface area contributed by atoms with Gasteiger partial charge in [-0.25, -0.2) is 0 Å². The first kappa shape index (κ1) is 16.1. The number of fused-ring (bicyclic) bond motifs is 1. The van der Waals surface area contributed by atoms with Gasteiger partial charge in [-0.3, -0.25) is 4.79 Å². The summed E-state index contributed by atoms with van der Waals surface area (Å²) in [4.78, 5) is 11.8. The van der Waals surface area contributed by atoms with Crippen molar-refractivity contribution < 1.29 is 18.0 Å². The van der Waals surface area contributed by atoms with Gasteiger partial charge in [0, 0.05) is 11.9 Å². The minimum atomic E-state index is -4.91. The third-order valence-corrected chi connectivity index (χ3v) is 3.74. The lowest BCUT2D eigenvalue weighted by Crippen LogP contribution is -2.24. The standard InChI is InChI=1S/C19H14F3NO/c20-19(21,22)18(24)16-11-10-14-8-4-5-9-15(14)17(16)23-12-13-6-2-1-3-7-13/h1-11,23H,12H2. The fourth-order valence-electron chi connectivity index (χ4n) is 2.59. The Morgan fingerprint density at radius 3 is 2.25 bits per heavy atom. The first-order valence-corrected chi connectivity index (χ1v) is 7.38. The molecule has 3 aromatic carbocycles. The van der Waals surface area contributed by atoms with Crippen LogP contribution >= 0.6 is 0 Å². The molecule has 0 aliphatic rings. The fourth-order valence-corrected chi connectivity index (χ4v) is 2.59. The SMILES string of the molecule is O=C(c1ccc2ccccc2c1NCc1ccccc1)C(F)(F)F. The van der Waals surface area contributed by atoms with Gasteiger partial charge in [-0.2, -0.15) is 13.2 Å². The molecule has 0 amide bonds. The summed E-state index contributed by atoms with van der Waals surface area (Å²) < 4.78 is 38.7. The van der Waals surface area contributed by atoms with Crippen LogP contribution in [0.1, 0.15) is 15.9 Å². The number of ketones is 1. The molecule has 0 fully saturated rings. The van der Waals surface area contributed by atoms with Gasteiger partial charge in [0.1, 0.15) is 0 Å². The Labute approximate surface area is 136 Å². The van der Waals surface area contributed by atoms with Crippen molar-refractivity contribution >= 4 is 22.2 Å². The largest absolute Gasteiger partial charge is 0.454 e. The van der Waals surface area contributed by atoms with E-state index in [1.807, 2.05) is 30.3 Å². The van der Waals surface area contributed by atoms with Crippen molar-refractivity contribution in [1.29, 1.82) is 0 Å². The Balaban J connectivity index is 2.06. The van der Waals surface area contributed by atoms with Crippen LogP contribution in [0, 0.1) is 0 Å². The Bertz CT molecular complexity index is 873. The van der Waals surface area contributed by atoms with E-state index in [0.29, 0.717) is 11.9 Å². The van der Waals surface area contributed by atoms with Gasteiger partial charge in [0.25, 0.3) is 5.78 Å². The lowest BCUT2D eigenvalue weighted by atomic mass is 10.0. The van der Waals surface area contributed by atoms with E-state index in [0.717, 1.165) is 10.9 Å². The number of carbonyl (C=O) groups is 1. The molecular weight excluding hydrogens is 315 g/mol. The highest BCUT2D eigenvalue weighted by Crippen LogP contribution is 2.32. The normalized spacial score (nSPS) is 11.5. The van der Waals surface area contributed by atoms with E-state index in [4.69, 9.17) is 0 Å². The molecule has 5 heteroatoms. The van der Waals surface area contributed by atoms with E-state index in [1.54, 1.807) is 24.3 Å². The average Bonchev–Trinajstić information content (AvgIpc) is 2.59. The van der Waals surface area contributed by atoms with E-state index in [2.05, 4.69) is 5.32 Å². The molecular formula is C19H14F3NO. The summed E-state index contributed by atoms with van der Waals surface area (Å²) in [5, 5.41) is 4.36. The number of anilines is 1. The average molecular weight is 329 g/mol. The van der Waals surface area contributed by atoms with E-state index in [1.165, 1.54) is 12.1 Å². The second-order valence-corrected chi connectivity index (χ2v) is 5.38. The summed E-state index contributed by atoms with van der Waals surface area (Å²) >= 11 is 0. The number of carbonyl (C=O) groups excluding carboxylic acids is 1. The predicted octanol–water partition coefficient (Wildman–Crippen LogP) is 5.20. The smallest absolute Gasteiger partial charge is 0.380 e. The maximum atomic E-state index is 12.9. The van der Waals surface area contributed by atoms with Crippen molar-refractivity contribution in [2.75, 3.05) is 5.32 Å². The molecule has 122 valence electrons. The molecule has 0 radical (unpaired) electrons. The maximum Gasteiger partial charge on any atom is 0.454 e. The number of nitrogens with one attached hydrogen (secondary N) is 1. The zero-order chi connectivity index (χ0) is 17.2. The van der Waals surface area contributed by atoms with E-state index < -0.39 is 12.0 Å². The molecule has 0 aliphatic carbocycles. The van der Waals surface area contributed by atoms with Crippen LogP contribution in [0.15, 0.2) is 66.7 Å². The first-order valence-electron chi connectivity index (χ1n) is 7.38. The highest BCUT2D eigenvalue weighted by Gasteiger charge is 2.40. The van der Waals surface area contributed by atoms with Crippen LogP contribution in [-0.4, -0.2) is 12.0 Å². The summed E-state index contributed by atoms with van der Waals surface area (Å²) in [7, 11) is 0. The summed E-state index contributed by atoms with van der Waals surface area (Å²) in [6, 6.07) is 19.1. The highest BCUT2D eigenvalue weighted by atomic mass is 19.4. The van der Waals surface area contributed by atoms with Crippen molar-refractivity contribution in [3.05, 3.63) is 77.9 Å². The topological polar surface area (TPSA) is 29.1 Å². The van der Waals surface area contributed by atoms with E-state index in [9.17, 15) is 18.0 Å². The van der Waals surface area contributed by atoms with Gasteiger partial charge in [0.05, 0.1) is 11.3 Å². The number of rotatable bonds is 4. The molecule has 3 rings (SSSR count). The minimum absolute atomic E-state index is 0.208. The lowest BCUT2D eigenvalue weighted by molar-refractivity contribution is -0.0884. The van der Waals surface area contributed by atoms with Crippen LogP contribution in [0.5, 0.6) is 0 Å². The number of halogens is 3. The summed E-state index contributed by atoms with van der Waals surface area (Å²) in [5.41, 5.74) is 0.757. The van der Waals surface area contributed by atoms with Crippen molar-refractivity contribution in [3.63, 3.8) is 0 Å². The number of hydrogen-bond donors (Lipinski definition) is 1. The number of benzene rings is 3. The molecule has 3 aromatic rings. The molecule has 0 spiro atoms. The second-order valence-electron chi connectivity index (χ2n) is 5.38. The third kappa shape index (κ3) is 3.25. The predicted molar refractivity (Wildman–Crippen MR) is 88.1 cm³/mol. The zero-order valence-electron chi connectivity index (χ0n) is 12.6. The van der Waals surface area contributed by atoms with Gasteiger partial charge in [0.15, 0.2) is 0 Å². The van der Waals surface area contributed by atoms with Crippen molar-refractivity contribution in [2.24, 2.45) is 0 Å². The van der Waals surface area contributed by atoms with E-state index >= 15 is 0 Å². The zero-order valence-corrected chi connectivity index (χ0v) is 12.6. The molecule has 0 aromatic heterocycles. The molecule has 0 heterocycles. The second kappa shape index (κ2) is 6.35. The van der Waals surface area contributed by atoms with Crippen molar-refractivity contribution in [3.8, 4) is 0 Å². The van der Waals surface area contributed by atoms with Gasteiger partial charge in [-0.15, -0.1) is 0 Å². The van der Waals surface area contributed by atoms with Gasteiger partial charge >= 0.3 is 6.18 Å². The summed E-state index contributed by atoms with van der Waals surface area (Å²) in [5.74, 6) is -1.84. The first-order chi connectivity index (χ1) is 11.5. The Kier molecular flexibility index (Phi) is 4.25. The van der Waals surface area contributed by atoms with Crippen molar-refractivity contribution in [1.82, 2.24) is 0 Å². The lowest BCUT2D eigenvalue weighted by Gasteiger charge is -2.16. The summed E-state index contributed by atoms with van der Waals surface area (Å²) in [6.45, 7) is 0.326. The fraction of sp³-hybridized carbons (Fsp3) is 0.105. The van der Waals surface area contributed by atoms with Crippen LogP contribution < -0.4 is 5.32 Å². The van der Waals surface area contributed by atoms with Crippen LogP contribution in [0.3, 0.4) is 0 Å². The molecule has 0 saturated heterocycles. The van der Waals surface area contributed by atoms with Gasteiger partial charge in [0.2, 0.25) is 0 Å². The molecule has 0 bridgehead atoms. The highest BCUT2D eigenvalue weighted by molar-refractivity contribution is 6.11. The quantitative estimate of drug-likeness (QED) is 0.667. The van der Waals surface area contributed by atoms with Crippen molar-refractivity contribution in [2.45, 2.75) is 12.7 Å². The summed E-state index contributed by atoms with van der Waals surface area (Å²) in [6.07, 6.45) is -4.91. The molecule has 0 unspecified atom stereocenters. The van der Waals surface area contributed by atoms with Gasteiger partial charge in [-0.05, 0) is 17.0 Å². The van der Waals surface area contributed by atoms with Gasteiger partial charge < -0.3 is 5.32 Å². The van der Waals surface area contributed by atoms with E-state index in [-0.39, 0.29) is 11.3 Å². The van der Waals surface area contributed by atoms with Gasteiger partial charge in [-0.1, -0.05) is 60.7 Å². The maximum absolute atomic E-state index is 12.9. The van der Waals surface area contributed by atoms with Crippen LogP contribution in [-0.2, 0) is 6.54 Å². The van der Waals surface area contributed by atoms with Crippen LogP contribution in [0.2, 0.25) is 0 Å². The Morgan fingerprint density at radius 2 is 1.54 bits per heavy atom. The Hall–Kier alpha value is -2.82. The van der Waals surface area contributed by atoms with Crippen LogP contribution in [0.25, 0.3) is 10.8 Å². The molecule has 24 heavy (non-hydrogen) atoms. The monoisotopic (exact) mass is 329 g/mol. The Morgan fingerprint density at radius 1 is 0.875 bits per heavy atom. The molecule has 2 nitrogen and oxygen atoms in total.